The lowest BCUT2D eigenvalue weighted by molar-refractivity contribution is -0.384. The molecule has 0 aliphatic heterocycles. The maximum Gasteiger partial charge on any atom is 0.270 e. The van der Waals surface area contributed by atoms with Crippen LogP contribution in [0.25, 0.3) is 11.1 Å². The van der Waals surface area contributed by atoms with Crippen LogP contribution in [0.1, 0.15) is 0 Å². The summed E-state index contributed by atoms with van der Waals surface area (Å²) in [5, 5.41) is 11.5. The minimum Gasteiger partial charge on any atom is -0.258 e. The third-order valence-electron chi connectivity index (χ3n) is 2.43. The van der Waals surface area contributed by atoms with Crippen molar-refractivity contribution in [1.82, 2.24) is 0 Å². The summed E-state index contributed by atoms with van der Waals surface area (Å²) in [6.07, 6.45) is 0. The van der Waals surface area contributed by atoms with Gasteiger partial charge in [0.1, 0.15) is 0 Å². The van der Waals surface area contributed by atoms with Crippen LogP contribution in [-0.4, -0.2) is 4.92 Å². The van der Waals surface area contributed by atoms with Gasteiger partial charge in [-0.1, -0.05) is 35.3 Å². The molecule has 0 aromatic heterocycles. The monoisotopic (exact) mass is 299 g/mol. The number of non-ortho nitro benzene ring substituents is 1. The molecule has 18 heavy (non-hydrogen) atoms. The fraction of sp³-hybridized carbons (Fsp3) is 0. The third kappa shape index (κ3) is 2.46. The lowest BCUT2D eigenvalue weighted by atomic mass is 10.0. The fourth-order valence-electron chi connectivity index (χ4n) is 1.57. The van der Waals surface area contributed by atoms with Gasteiger partial charge in [0, 0.05) is 28.2 Å². The lowest BCUT2D eigenvalue weighted by Crippen LogP contribution is -1.90. The number of thiol groups is 1. The van der Waals surface area contributed by atoms with Gasteiger partial charge in [-0.15, -0.1) is 12.6 Å². The number of nitro benzene ring substituents is 1. The van der Waals surface area contributed by atoms with Gasteiger partial charge in [-0.05, 0) is 12.1 Å². The van der Waals surface area contributed by atoms with Gasteiger partial charge >= 0.3 is 0 Å². The van der Waals surface area contributed by atoms with E-state index in [0.717, 1.165) is 0 Å². The number of rotatable bonds is 2. The summed E-state index contributed by atoms with van der Waals surface area (Å²) in [4.78, 5) is 10.9. The number of benzene rings is 2. The Labute approximate surface area is 119 Å². The molecular formula is C12H7Cl2NO2S. The average molecular weight is 300 g/mol. The van der Waals surface area contributed by atoms with Crippen molar-refractivity contribution >= 4 is 41.5 Å². The molecule has 2 aromatic carbocycles. The number of hydrogen-bond acceptors (Lipinski definition) is 3. The number of halogens is 2. The van der Waals surface area contributed by atoms with Crippen molar-refractivity contribution in [3.63, 3.8) is 0 Å². The van der Waals surface area contributed by atoms with E-state index >= 15 is 0 Å². The van der Waals surface area contributed by atoms with E-state index in [1.165, 1.54) is 12.1 Å². The van der Waals surface area contributed by atoms with E-state index in [4.69, 9.17) is 23.2 Å². The van der Waals surface area contributed by atoms with Gasteiger partial charge in [-0.2, -0.15) is 0 Å². The predicted octanol–water partition coefficient (Wildman–Crippen LogP) is 4.86. The summed E-state index contributed by atoms with van der Waals surface area (Å²) in [5.41, 5.74) is 1.19. The second-order valence-corrected chi connectivity index (χ2v) is 4.83. The highest BCUT2D eigenvalue weighted by Crippen LogP contribution is 2.37. The minimum absolute atomic E-state index is 0.0150. The molecule has 0 aliphatic carbocycles. The second kappa shape index (κ2) is 5.18. The molecule has 92 valence electrons. The van der Waals surface area contributed by atoms with Crippen molar-refractivity contribution in [2.75, 3.05) is 0 Å². The smallest absolute Gasteiger partial charge is 0.258 e. The molecule has 0 unspecified atom stereocenters. The standard InChI is InChI=1S/C12H7Cl2NO2S/c13-10-3-1-2-8(12(10)14)9-6-7(15(16)17)4-5-11(9)18/h1-6,18H. The Hall–Kier alpha value is -1.23. The number of hydrogen-bond donors (Lipinski definition) is 1. The van der Waals surface area contributed by atoms with Crippen molar-refractivity contribution in [3.8, 4) is 11.1 Å². The Morgan fingerprint density at radius 2 is 1.83 bits per heavy atom. The molecule has 0 spiro atoms. The van der Waals surface area contributed by atoms with E-state index in [1.807, 2.05) is 0 Å². The third-order valence-corrected chi connectivity index (χ3v) is 3.64. The van der Waals surface area contributed by atoms with Gasteiger partial charge in [-0.3, -0.25) is 10.1 Å². The molecule has 0 aliphatic rings. The molecule has 0 atom stereocenters. The SMILES string of the molecule is O=[N+]([O-])c1ccc(S)c(-c2cccc(Cl)c2Cl)c1. The molecule has 0 saturated carbocycles. The zero-order valence-electron chi connectivity index (χ0n) is 8.93. The Morgan fingerprint density at radius 3 is 2.50 bits per heavy atom. The number of nitro groups is 1. The maximum atomic E-state index is 10.8. The predicted molar refractivity (Wildman–Crippen MR) is 75.8 cm³/mol. The minimum atomic E-state index is -0.463. The van der Waals surface area contributed by atoms with E-state index in [1.54, 1.807) is 24.3 Å². The van der Waals surface area contributed by atoms with Crippen LogP contribution >= 0.6 is 35.8 Å². The first-order valence-electron chi connectivity index (χ1n) is 4.92. The fourth-order valence-corrected chi connectivity index (χ4v) is 2.23. The Kier molecular flexibility index (Phi) is 3.80. The highest BCUT2D eigenvalue weighted by molar-refractivity contribution is 7.80. The van der Waals surface area contributed by atoms with Gasteiger partial charge in [0.05, 0.1) is 15.0 Å². The number of nitrogens with zero attached hydrogens (tertiary/aromatic N) is 1. The zero-order chi connectivity index (χ0) is 13.3. The normalized spacial score (nSPS) is 10.4. The van der Waals surface area contributed by atoms with E-state index in [2.05, 4.69) is 12.6 Å². The molecule has 2 rings (SSSR count). The van der Waals surface area contributed by atoms with Crippen molar-refractivity contribution in [2.45, 2.75) is 4.90 Å². The van der Waals surface area contributed by atoms with E-state index in [0.29, 0.717) is 26.1 Å². The van der Waals surface area contributed by atoms with E-state index in [-0.39, 0.29) is 5.69 Å². The van der Waals surface area contributed by atoms with Crippen LogP contribution in [0.15, 0.2) is 41.3 Å². The average Bonchev–Trinajstić information content (AvgIpc) is 2.33. The quantitative estimate of drug-likeness (QED) is 0.489. The summed E-state index contributed by atoms with van der Waals surface area (Å²) >= 11 is 16.3. The van der Waals surface area contributed by atoms with Gasteiger partial charge in [0.2, 0.25) is 0 Å². The first kappa shape index (κ1) is 13.2. The summed E-state index contributed by atoms with van der Waals surface area (Å²) in [5.74, 6) is 0. The molecule has 0 heterocycles. The Morgan fingerprint density at radius 1 is 1.11 bits per heavy atom. The van der Waals surface area contributed by atoms with Crippen molar-refractivity contribution in [3.05, 3.63) is 56.6 Å². The highest BCUT2D eigenvalue weighted by Gasteiger charge is 2.14. The molecule has 0 radical (unpaired) electrons. The molecule has 0 amide bonds. The van der Waals surface area contributed by atoms with E-state index in [9.17, 15) is 10.1 Å². The highest BCUT2D eigenvalue weighted by atomic mass is 35.5. The van der Waals surface area contributed by atoms with Gasteiger partial charge in [0.15, 0.2) is 0 Å². The molecule has 0 N–H and O–H groups in total. The molecule has 6 heteroatoms. The molecular weight excluding hydrogens is 293 g/mol. The molecule has 2 aromatic rings. The molecule has 0 bridgehead atoms. The lowest BCUT2D eigenvalue weighted by Gasteiger charge is -2.08. The van der Waals surface area contributed by atoms with Crippen LogP contribution in [0, 0.1) is 10.1 Å². The summed E-state index contributed by atoms with van der Waals surface area (Å²) in [6, 6.07) is 9.52. The molecule has 0 fully saturated rings. The second-order valence-electron chi connectivity index (χ2n) is 3.56. The van der Waals surface area contributed by atoms with Gasteiger partial charge in [0.25, 0.3) is 5.69 Å². The maximum absolute atomic E-state index is 10.8. The first-order chi connectivity index (χ1) is 8.50. The summed E-state index contributed by atoms with van der Waals surface area (Å²) in [7, 11) is 0. The van der Waals surface area contributed by atoms with E-state index < -0.39 is 4.92 Å². The van der Waals surface area contributed by atoms with Crippen LogP contribution in [0.2, 0.25) is 10.0 Å². The van der Waals surface area contributed by atoms with Crippen LogP contribution in [0.5, 0.6) is 0 Å². The Balaban J connectivity index is 2.66. The first-order valence-corrected chi connectivity index (χ1v) is 6.13. The van der Waals surface area contributed by atoms with Crippen LogP contribution in [0.3, 0.4) is 0 Å². The van der Waals surface area contributed by atoms with Crippen molar-refractivity contribution in [2.24, 2.45) is 0 Å². The van der Waals surface area contributed by atoms with Crippen molar-refractivity contribution < 1.29 is 4.92 Å². The summed E-state index contributed by atoms with van der Waals surface area (Å²) < 4.78 is 0. The van der Waals surface area contributed by atoms with Gasteiger partial charge in [-0.25, -0.2) is 0 Å². The Bertz CT molecular complexity index is 631. The van der Waals surface area contributed by atoms with Crippen molar-refractivity contribution in [1.29, 1.82) is 0 Å². The van der Waals surface area contributed by atoms with Crippen LogP contribution in [0.4, 0.5) is 5.69 Å². The summed E-state index contributed by atoms with van der Waals surface area (Å²) in [6.45, 7) is 0. The topological polar surface area (TPSA) is 43.1 Å². The van der Waals surface area contributed by atoms with Gasteiger partial charge < -0.3 is 0 Å². The molecule has 0 saturated heterocycles. The molecule has 3 nitrogen and oxygen atoms in total. The van der Waals surface area contributed by atoms with Crippen LogP contribution < -0.4 is 0 Å². The van der Waals surface area contributed by atoms with Crippen LogP contribution in [-0.2, 0) is 0 Å². The zero-order valence-corrected chi connectivity index (χ0v) is 11.3. The largest absolute Gasteiger partial charge is 0.270 e.